The first-order chi connectivity index (χ1) is 13.8. The van der Waals surface area contributed by atoms with Gasteiger partial charge in [0.2, 0.25) is 5.96 Å². The number of carbonyl (C=O) groups excluding carboxylic acids is 2. The van der Waals surface area contributed by atoms with Crippen LogP contribution in [0, 0.1) is 11.8 Å². The Kier molecular flexibility index (Phi) is 11.7. The lowest BCUT2D eigenvalue weighted by molar-refractivity contribution is 0.123. The van der Waals surface area contributed by atoms with Crippen LogP contribution in [0.15, 0.2) is 4.99 Å². The van der Waals surface area contributed by atoms with Crippen molar-refractivity contribution in [1.29, 1.82) is 0 Å². The van der Waals surface area contributed by atoms with Crippen molar-refractivity contribution in [3.63, 3.8) is 0 Å². The Morgan fingerprint density at radius 2 is 1.59 bits per heavy atom. The molecule has 3 amide bonds. The number of ether oxygens (including phenoxy) is 1. The molecule has 1 fully saturated rings. The molecule has 2 atom stereocenters. The van der Waals surface area contributed by atoms with E-state index in [0.717, 1.165) is 25.7 Å². The van der Waals surface area contributed by atoms with E-state index in [2.05, 4.69) is 31.1 Å². The van der Waals surface area contributed by atoms with Crippen molar-refractivity contribution in [1.82, 2.24) is 15.1 Å². The van der Waals surface area contributed by atoms with Crippen LogP contribution < -0.4 is 5.32 Å². The molecule has 2 unspecified atom stereocenters. The van der Waals surface area contributed by atoms with Gasteiger partial charge in [0.15, 0.2) is 0 Å². The van der Waals surface area contributed by atoms with Crippen LogP contribution in [0.25, 0.3) is 0 Å². The van der Waals surface area contributed by atoms with Gasteiger partial charge in [-0.2, -0.15) is 4.99 Å². The minimum absolute atomic E-state index is 0.119. The van der Waals surface area contributed by atoms with Crippen molar-refractivity contribution in [3.8, 4) is 0 Å². The van der Waals surface area contributed by atoms with E-state index >= 15 is 0 Å². The minimum Gasteiger partial charge on any atom is -0.449 e. The molecule has 168 valence electrons. The Hall–Kier alpha value is -1.79. The van der Waals surface area contributed by atoms with Crippen LogP contribution in [0.5, 0.6) is 0 Å². The Morgan fingerprint density at radius 1 is 1.00 bits per heavy atom. The molecule has 0 aliphatic heterocycles. The molecule has 1 aliphatic carbocycles. The molecule has 7 heteroatoms. The predicted octanol–water partition coefficient (Wildman–Crippen LogP) is 4.87. The zero-order valence-corrected chi connectivity index (χ0v) is 19.4. The molecule has 0 radical (unpaired) electrons. The number of nitrogens with one attached hydrogen (secondary N) is 1. The summed E-state index contributed by atoms with van der Waals surface area (Å²) in [6, 6.07) is -0.289. The number of guanidine groups is 1. The molecule has 0 aromatic heterocycles. The summed E-state index contributed by atoms with van der Waals surface area (Å²) in [6.07, 6.45) is 9.74. The fraction of sp³-hybridized carbons (Fsp3) is 0.864. The fourth-order valence-corrected chi connectivity index (χ4v) is 3.93. The van der Waals surface area contributed by atoms with Gasteiger partial charge in [0.1, 0.15) is 0 Å². The van der Waals surface area contributed by atoms with Gasteiger partial charge in [0.05, 0.1) is 6.61 Å². The lowest BCUT2D eigenvalue weighted by Crippen LogP contribution is -2.47. The van der Waals surface area contributed by atoms with Gasteiger partial charge in [-0.25, -0.2) is 9.59 Å². The number of urea groups is 1. The third kappa shape index (κ3) is 9.05. The first-order valence-corrected chi connectivity index (χ1v) is 11.2. The average Bonchev–Trinajstić information content (AvgIpc) is 2.67. The molecular weight excluding hydrogens is 368 g/mol. The maximum absolute atomic E-state index is 12.5. The fourth-order valence-electron chi connectivity index (χ4n) is 3.93. The van der Waals surface area contributed by atoms with Crippen LogP contribution in [-0.4, -0.2) is 61.7 Å². The molecule has 0 heterocycles. The Balaban J connectivity index is 2.55. The highest BCUT2D eigenvalue weighted by atomic mass is 16.6. The molecule has 0 aromatic carbocycles. The highest BCUT2D eigenvalue weighted by Crippen LogP contribution is 2.28. The van der Waals surface area contributed by atoms with Crippen molar-refractivity contribution >= 4 is 18.1 Å². The number of amides is 3. The first kappa shape index (κ1) is 25.2. The standard InChI is InChI=1S/C22H42N4O3/c1-7-8-9-10-11-12-16-29-22(28)26(6)21(25(4)5)24-20(27)23-19-17(2)14-13-15-18(19)3/h17-19H,7-16H2,1-6H3,(H,23,27)/b24-21+. The Bertz CT molecular complexity index is 526. The second-order valence-electron chi connectivity index (χ2n) is 8.61. The van der Waals surface area contributed by atoms with Gasteiger partial charge < -0.3 is 15.0 Å². The van der Waals surface area contributed by atoms with E-state index in [1.807, 2.05) is 0 Å². The number of hydrogen-bond donors (Lipinski definition) is 1. The van der Waals surface area contributed by atoms with Gasteiger partial charge in [-0.05, 0) is 31.1 Å². The van der Waals surface area contributed by atoms with Gasteiger partial charge in [-0.3, -0.25) is 4.90 Å². The molecular formula is C22H42N4O3. The molecule has 0 saturated heterocycles. The zero-order chi connectivity index (χ0) is 21.8. The summed E-state index contributed by atoms with van der Waals surface area (Å²) in [5.74, 6) is 1.13. The van der Waals surface area contributed by atoms with Gasteiger partial charge in [-0.1, -0.05) is 59.3 Å². The van der Waals surface area contributed by atoms with Crippen molar-refractivity contribution < 1.29 is 14.3 Å². The van der Waals surface area contributed by atoms with Crippen LogP contribution in [0.4, 0.5) is 9.59 Å². The summed E-state index contributed by atoms with van der Waals surface area (Å²) in [7, 11) is 5.10. The summed E-state index contributed by atoms with van der Waals surface area (Å²) in [5, 5.41) is 3.04. The number of unbranched alkanes of at least 4 members (excludes halogenated alkanes) is 5. The van der Waals surface area contributed by atoms with Crippen LogP contribution in [0.3, 0.4) is 0 Å². The summed E-state index contributed by atoms with van der Waals surface area (Å²) < 4.78 is 5.35. The van der Waals surface area contributed by atoms with Gasteiger partial charge in [0.25, 0.3) is 0 Å². The van der Waals surface area contributed by atoms with Crippen LogP contribution in [0.2, 0.25) is 0 Å². The summed E-state index contributed by atoms with van der Waals surface area (Å²) in [6.45, 7) is 6.92. The quantitative estimate of drug-likeness (QED) is 0.352. The lowest BCUT2D eigenvalue weighted by Gasteiger charge is -2.34. The number of carbonyl (C=O) groups is 2. The van der Waals surface area contributed by atoms with E-state index in [-0.39, 0.29) is 12.0 Å². The van der Waals surface area contributed by atoms with Gasteiger partial charge >= 0.3 is 12.1 Å². The minimum atomic E-state index is -0.488. The number of nitrogens with zero attached hydrogens (tertiary/aromatic N) is 3. The predicted molar refractivity (Wildman–Crippen MR) is 118 cm³/mol. The summed E-state index contributed by atoms with van der Waals surface area (Å²) in [4.78, 5) is 32.0. The van der Waals surface area contributed by atoms with Crippen LogP contribution >= 0.6 is 0 Å². The first-order valence-electron chi connectivity index (χ1n) is 11.2. The second kappa shape index (κ2) is 13.4. The summed E-state index contributed by atoms with van der Waals surface area (Å²) in [5.41, 5.74) is 0. The number of rotatable bonds is 8. The molecule has 1 saturated carbocycles. The average molecular weight is 411 g/mol. The second-order valence-corrected chi connectivity index (χ2v) is 8.61. The third-order valence-corrected chi connectivity index (χ3v) is 5.73. The molecule has 1 N–H and O–H groups in total. The maximum atomic E-state index is 12.5. The smallest absolute Gasteiger partial charge is 0.416 e. The highest BCUT2D eigenvalue weighted by molar-refractivity contribution is 5.99. The number of aliphatic imine (C=N–C) groups is 1. The van der Waals surface area contributed by atoms with Gasteiger partial charge in [0, 0.05) is 27.2 Å². The monoisotopic (exact) mass is 410 g/mol. The zero-order valence-electron chi connectivity index (χ0n) is 19.4. The Labute approximate surface area is 177 Å². The van der Waals surface area contributed by atoms with Crippen molar-refractivity contribution in [2.24, 2.45) is 16.8 Å². The molecule has 0 aromatic rings. The van der Waals surface area contributed by atoms with E-state index < -0.39 is 12.1 Å². The lowest BCUT2D eigenvalue weighted by atomic mass is 9.79. The molecule has 29 heavy (non-hydrogen) atoms. The van der Waals surface area contributed by atoms with E-state index in [4.69, 9.17) is 4.74 Å². The van der Waals surface area contributed by atoms with Crippen molar-refractivity contribution in [3.05, 3.63) is 0 Å². The van der Waals surface area contributed by atoms with Crippen molar-refractivity contribution in [2.75, 3.05) is 27.7 Å². The summed E-state index contributed by atoms with van der Waals surface area (Å²) >= 11 is 0. The third-order valence-electron chi connectivity index (χ3n) is 5.73. The largest absolute Gasteiger partial charge is 0.449 e. The maximum Gasteiger partial charge on any atom is 0.416 e. The molecule has 7 nitrogen and oxygen atoms in total. The molecule has 0 spiro atoms. The van der Waals surface area contributed by atoms with Crippen LogP contribution in [-0.2, 0) is 4.74 Å². The number of hydrogen-bond acceptors (Lipinski definition) is 3. The normalized spacial score (nSPS) is 22.1. The highest BCUT2D eigenvalue weighted by Gasteiger charge is 2.29. The molecule has 0 bridgehead atoms. The molecule has 1 aliphatic rings. The van der Waals surface area contributed by atoms with Crippen LogP contribution in [0.1, 0.15) is 78.6 Å². The van der Waals surface area contributed by atoms with E-state index in [9.17, 15) is 9.59 Å². The molecule has 1 rings (SSSR count). The SMILES string of the molecule is CCCCCCCCOC(=O)N(C)/C(=N/C(=O)NC1C(C)CCCC1C)N(C)C. The Morgan fingerprint density at radius 3 is 2.17 bits per heavy atom. The topological polar surface area (TPSA) is 74.2 Å². The van der Waals surface area contributed by atoms with Crippen molar-refractivity contribution in [2.45, 2.75) is 84.6 Å². The van der Waals surface area contributed by atoms with E-state index in [1.54, 1.807) is 26.0 Å². The van der Waals surface area contributed by atoms with E-state index in [0.29, 0.717) is 18.4 Å². The van der Waals surface area contributed by atoms with Gasteiger partial charge in [-0.15, -0.1) is 0 Å². The van der Waals surface area contributed by atoms with E-state index in [1.165, 1.54) is 37.0 Å².